The molecule has 0 bridgehead atoms. The van der Waals surface area contributed by atoms with E-state index in [-0.39, 0.29) is 0 Å². The van der Waals surface area contributed by atoms with E-state index in [9.17, 15) is 0 Å². The van der Waals surface area contributed by atoms with Gasteiger partial charge in [-0.05, 0) is 38.0 Å². The molecular formula is C22H36N4O3. The molecule has 0 spiro atoms. The molecule has 0 radical (unpaired) electrons. The Morgan fingerprint density at radius 1 is 1.07 bits per heavy atom. The smallest absolute Gasteiger partial charge is 0.191 e. The lowest BCUT2D eigenvalue weighted by molar-refractivity contribution is 0.123. The first-order valence-corrected chi connectivity index (χ1v) is 10.7. The van der Waals surface area contributed by atoms with Crippen LogP contribution in [0.2, 0.25) is 0 Å². The molecule has 1 saturated heterocycles. The van der Waals surface area contributed by atoms with Crippen molar-refractivity contribution in [2.24, 2.45) is 10.9 Å². The van der Waals surface area contributed by atoms with Crippen LogP contribution in [0.1, 0.15) is 32.1 Å². The molecule has 29 heavy (non-hydrogen) atoms. The van der Waals surface area contributed by atoms with Crippen LogP contribution in [-0.2, 0) is 4.74 Å². The lowest BCUT2D eigenvalue weighted by Crippen LogP contribution is -2.49. The minimum absolute atomic E-state index is 0.427. The Kier molecular flexibility index (Phi) is 8.28. The van der Waals surface area contributed by atoms with Crippen molar-refractivity contribution in [3.63, 3.8) is 0 Å². The number of nitrogens with one attached hydrogen (secondary N) is 2. The molecule has 0 aromatic heterocycles. The Hall–Kier alpha value is -2.15. The van der Waals surface area contributed by atoms with E-state index in [2.05, 4.69) is 32.7 Å². The maximum atomic E-state index is 5.69. The van der Waals surface area contributed by atoms with Crippen LogP contribution in [0.3, 0.4) is 0 Å². The molecule has 7 nitrogen and oxygen atoms in total. The normalized spacial score (nSPS) is 17.9. The zero-order chi connectivity index (χ0) is 20.5. The first-order chi connectivity index (χ1) is 14.2. The molecular weight excluding hydrogens is 368 g/mol. The van der Waals surface area contributed by atoms with Crippen LogP contribution in [0.5, 0.6) is 11.5 Å². The summed E-state index contributed by atoms with van der Waals surface area (Å²) in [6.45, 7) is 4.61. The van der Waals surface area contributed by atoms with Crippen molar-refractivity contribution >= 4 is 11.6 Å². The van der Waals surface area contributed by atoms with Crippen molar-refractivity contribution in [1.29, 1.82) is 0 Å². The van der Waals surface area contributed by atoms with Gasteiger partial charge in [0, 0.05) is 69.8 Å². The van der Waals surface area contributed by atoms with E-state index in [0.717, 1.165) is 81.2 Å². The summed E-state index contributed by atoms with van der Waals surface area (Å²) in [7, 11) is 5.20. The lowest BCUT2D eigenvalue weighted by Gasteiger charge is -2.34. The Balaban J connectivity index is 1.38. The summed E-state index contributed by atoms with van der Waals surface area (Å²) in [6.07, 6.45) is 5.82. The molecule has 1 aromatic rings. The molecule has 1 aliphatic heterocycles. The van der Waals surface area contributed by atoms with Crippen LogP contribution in [0.25, 0.3) is 0 Å². The summed E-state index contributed by atoms with van der Waals surface area (Å²) in [5, 5.41) is 6.97. The lowest BCUT2D eigenvalue weighted by atomic mass is 10.0. The minimum atomic E-state index is 0.427. The van der Waals surface area contributed by atoms with Crippen molar-refractivity contribution < 1.29 is 14.2 Å². The number of anilines is 1. The molecule has 0 amide bonds. The van der Waals surface area contributed by atoms with E-state index >= 15 is 0 Å². The fourth-order valence-electron chi connectivity index (χ4n) is 3.56. The molecule has 1 saturated carbocycles. The fraction of sp³-hybridized carbons (Fsp3) is 0.682. The number of hydrogen-bond acceptors (Lipinski definition) is 5. The maximum Gasteiger partial charge on any atom is 0.191 e. The van der Waals surface area contributed by atoms with Gasteiger partial charge < -0.3 is 29.7 Å². The van der Waals surface area contributed by atoms with Crippen molar-refractivity contribution in [3.8, 4) is 11.5 Å². The quantitative estimate of drug-likeness (QED) is 0.355. The number of guanidine groups is 1. The van der Waals surface area contributed by atoms with E-state index in [1.54, 1.807) is 14.2 Å². The molecule has 1 aromatic carbocycles. The first-order valence-electron chi connectivity index (χ1n) is 10.7. The van der Waals surface area contributed by atoms with E-state index in [0.29, 0.717) is 6.04 Å². The third-order valence-electron chi connectivity index (χ3n) is 5.57. The Morgan fingerprint density at radius 2 is 1.76 bits per heavy atom. The van der Waals surface area contributed by atoms with Gasteiger partial charge in [0.25, 0.3) is 0 Å². The zero-order valence-corrected chi connectivity index (χ0v) is 18.1. The minimum Gasteiger partial charge on any atom is -0.497 e. The number of hydrogen-bond donors (Lipinski definition) is 2. The Morgan fingerprint density at radius 3 is 2.34 bits per heavy atom. The summed E-state index contributed by atoms with van der Waals surface area (Å²) in [5.74, 6) is 3.37. The topological polar surface area (TPSA) is 67.4 Å². The van der Waals surface area contributed by atoms with Gasteiger partial charge >= 0.3 is 0 Å². The van der Waals surface area contributed by atoms with Crippen molar-refractivity contribution in [2.45, 2.75) is 38.1 Å². The van der Waals surface area contributed by atoms with Crippen molar-refractivity contribution in [1.82, 2.24) is 10.6 Å². The first kappa shape index (κ1) is 21.6. The molecule has 2 N–H and O–H groups in total. The largest absolute Gasteiger partial charge is 0.497 e. The Bertz CT molecular complexity index is 633. The highest BCUT2D eigenvalue weighted by Crippen LogP contribution is 2.30. The Labute approximate surface area is 174 Å². The number of piperidine rings is 1. The third kappa shape index (κ3) is 6.99. The monoisotopic (exact) mass is 404 g/mol. The molecule has 0 atom stereocenters. The summed E-state index contributed by atoms with van der Waals surface area (Å²) in [5.41, 5.74) is 1.15. The molecule has 7 heteroatoms. The highest BCUT2D eigenvalue weighted by Gasteiger charge is 2.22. The van der Waals surface area contributed by atoms with E-state index in [1.165, 1.54) is 12.8 Å². The molecule has 1 heterocycles. The van der Waals surface area contributed by atoms with Gasteiger partial charge in [0.15, 0.2) is 5.96 Å². The average molecular weight is 405 g/mol. The summed E-state index contributed by atoms with van der Waals surface area (Å²) >= 11 is 0. The molecule has 2 fully saturated rings. The van der Waals surface area contributed by atoms with Crippen LogP contribution in [0.15, 0.2) is 23.2 Å². The number of rotatable bonds is 10. The second-order valence-electron chi connectivity index (χ2n) is 7.85. The van der Waals surface area contributed by atoms with Crippen LogP contribution < -0.4 is 25.0 Å². The van der Waals surface area contributed by atoms with Crippen molar-refractivity contribution in [3.05, 3.63) is 18.2 Å². The predicted molar refractivity (Wildman–Crippen MR) is 117 cm³/mol. The number of nitrogens with zero attached hydrogens (tertiary/aromatic N) is 2. The second-order valence-corrected chi connectivity index (χ2v) is 7.85. The predicted octanol–water partition coefficient (Wildman–Crippen LogP) is 2.65. The third-order valence-corrected chi connectivity index (χ3v) is 5.57. The summed E-state index contributed by atoms with van der Waals surface area (Å²) in [6, 6.07) is 6.48. The molecule has 0 unspecified atom stereocenters. The number of benzene rings is 1. The maximum absolute atomic E-state index is 5.69. The summed E-state index contributed by atoms with van der Waals surface area (Å²) < 4.78 is 16.5. The summed E-state index contributed by atoms with van der Waals surface area (Å²) in [4.78, 5) is 6.75. The van der Waals surface area contributed by atoms with Gasteiger partial charge in [-0.1, -0.05) is 0 Å². The number of aliphatic imine (C=N–C) groups is 1. The molecule has 2 aliphatic rings. The van der Waals surface area contributed by atoms with E-state index < -0.39 is 0 Å². The van der Waals surface area contributed by atoms with Gasteiger partial charge in [0.1, 0.15) is 11.5 Å². The van der Waals surface area contributed by atoms with Crippen LogP contribution in [0.4, 0.5) is 5.69 Å². The number of methoxy groups -OCH3 is 2. The van der Waals surface area contributed by atoms with Gasteiger partial charge in [0.05, 0.1) is 14.2 Å². The molecule has 1 aliphatic carbocycles. The highest BCUT2D eigenvalue weighted by molar-refractivity contribution is 5.80. The van der Waals surface area contributed by atoms with Gasteiger partial charge in [-0.3, -0.25) is 4.99 Å². The number of ether oxygens (including phenoxy) is 3. The highest BCUT2D eigenvalue weighted by atomic mass is 16.5. The van der Waals surface area contributed by atoms with E-state index in [1.807, 2.05) is 13.1 Å². The molecule has 162 valence electrons. The van der Waals surface area contributed by atoms with Gasteiger partial charge in [-0.15, -0.1) is 0 Å². The van der Waals surface area contributed by atoms with Gasteiger partial charge in [-0.25, -0.2) is 0 Å². The van der Waals surface area contributed by atoms with Crippen molar-refractivity contribution in [2.75, 3.05) is 59.0 Å². The second kappa shape index (κ2) is 11.1. The van der Waals surface area contributed by atoms with Crippen LogP contribution in [-0.4, -0.2) is 66.1 Å². The fourth-order valence-corrected chi connectivity index (χ4v) is 3.56. The average Bonchev–Trinajstić information content (AvgIpc) is 3.59. The SMILES string of the molecule is CN=C(NCCCOCC1CC1)NC1CCN(c2cc(OC)cc(OC)c2)CC1. The van der Waals surface area contributed by atoms with Gasteiger partial charge in [0.2, 0.25) is 0 Å². The molecule has 3 rings (SSSR count). The zero-order valence-electron chi connectivity index (χ0n) is 18.1. The van der Waals surface area contributed by atoms with Gasteiger partial charge in [-0.2, -0.15) is 0 Å². The van der Waals surface area contributed by atoms with Crippen LogP contribution >= 0.6 is 0 Å². The van der Waals surface area contributed by atoms with Crippen LogP contribution in [0, 0.1) is 5.92 Å². The van der Waals surface area contributed by atoms with E-state index in [4.69, 9.17) is 14.2 Å². The standard InChI is InChI=1S/C22H36N4O3/c1-23-22(24-9-4-12-29-16-17-5-6-17)25-18-7-10-26(11-8-18)19-13-20(27-2)15-21(14-19)28-3/h13-15,17-18H,4-12,16H2,1-3H3,(H2,23,24,25).